The van der Waals surface area contributed by atoms with Crippen molar-refractivity contribution in [3.05, 3.63) is 16.3 Å². The number of nitrogens with zero attached hydrogens (tertiary/aromatic N) is 3. The van der Waals surface area contributed by atoms with Crippen LogP contribution in [0.1, 0.15) is 20.8 Å². The molecule has 0 aliphatic carbocycles. The van der Waals surface area contributed by atoms with E-state index in [0.29, 0.717) is 12.3 Å². The highest BCUT2D eigenvalue weighted by atomic mass is 32.2. The van der Waals surface area contributed by atoms with E-state index in [2.05, 4.69) is 5.10 Å². The minimum absolute atomic E-state index is 0.0574. The van der Waals surface area contributed by atoms with E-state index in [1.807, 2.05) is 20.8 Å². The Morgan fingerprint density at radius 1 is 1.53 bits per heavy atom. The average molecular weight is 308 g/mol. The molecule has 0 unspecified atom stereocenters. The first-order valence-electron chi connectivity index (χ1n) is 5.39. The van der Waals surface area contributed by atoms with Crippen LogP contribution in [0.4, 0.5) is 5.82 Å². The molecule has 1 rings (SSSR count). The lowest BCUT2D eigenvalue weighted by molar-refractivity contribution is -0.392. The Hall–Kier alpha value is -1.13. The first-order chi connectivity index (χ1) is 8.50. The van der Waals surface area contributed by atoms with Crippen LogP contribution in [0, 0.1) is 10.1 Å². The molecule has 1 aromatic rings. The summed E-state index contributed by atoms with van der Waals surface area (Å²) in [5.74, 6) is -0.0740. The van der Waals surface area contributed by atoms with Gasteiger partial charge in [-0.2, -0.15) is 16.4 Å². The molecule has 0 fully saturated rings. The van der Waals surface area contributed by atoms with Crippen molar-refractivity contribution in [3.8, 4) is 0 Å². The molecule has 1 aromatic heterocycles. The summed E-state index contributed by atoms with van der Waals surface area (Å²) < 4.78 is 23.7. The normalized spacial score (nSPS) is 12.6. The molecule has 8 nitrogen and oxygen atoms in total. The van der Waals surface area contributed by atoms with Crippen molar-refractivity contribution >= 4 is 27.6 Å². The van der Waals surface area contributed by atoms with E-state index in [4.69, 9.17) is 5.14 Å². The molecule has 0 aliphatic rings. The highest BCUT2D eigenvalue weighted by Gasteiger charge is 2.28. The van der Waals surface area contributed by atoms with Gasteiger partial charge < -0.3 is 10.1 Å². The van der Waals surface area contributed by atoms with Gasteiger partial charge in [0.1, 0.15) is 0 Å². The number of rotatable bonds is 5. The molecular weight excluding hydrogens is 292 g/mol. The maximum atomic E-state index is 11.2. The number of hydrogen-bond acceptors (Lipinski definition) is 6. The van der Waals surface area contributed by atoms with Crippen molar-refractivity contribution in [2.75, 3.05) is 5.75 Å². The van der Waals surface area contributed by atoms with Gasteiger partial charge in [-0.25, -0.2) is 13.6 Å². The first-order valence-corrected chi connectivity index (χ1v) is 7.92. The van der Waals surface area contributed by atoms with Crippen LogP contribution < -0.4 is 5.14 Å². The van der Waals surface area contributed by atoms with Gasteiger partial charge in [-0.3, -0.25) is 0 Å². The van der Waals surface area contributed by atoms with Crippen LogP contribution in [0.5, 0.6) is 0 Å². The molecule has 0 atom stereocenters. The van der Waals surface area contributed by atoms with Crippen LogP contribution in [-0.4, -0.2) is 33.6 Å². The number of nitro groups is 1. The lowest BCUT2D eigenvalue weighted by Gasteiger charge is -2.16. The van der Waals surface area contributed by atoms with Crippen molar-refractivity contribution in [2.24, 2.45) is 5.14 Å². The summed E-state index contributed by atoms with van der Waals surface area (Å²) in [6, 6.07) is 0. The molecule has 19 heavy (non-hydrogen) atoms. The fourth-order valence-electron chi connectivity index (χ4n) is 1.28. The molecule has 2 N–H and O–H groups in total. The zero-order valence-corrected chi connectivity index (χ0v) is 12.5. The van der Waals surface area contributed by atoms with Gasteiger partial charge in [0.05, 0.1) is 17.8 Å². The SMILES string of the molecule is CC(C)(C)SCCn1cc(S(N)(=O)=O)c([N+](=O)[O-])n1. The van der Waals surface area contributed by atoms with E-state index in [-0.39, 0.29) is 4.75 Å². The Bertz CT molecular complexity index is 574. The van der Waals surface area contributed by atoms with Crippen molar-refractivity contribution in [3.63, 3.8) is 0 Å². The Morgan fingerprint density at radius 3 is 2.47 bits per heavy atom. The topological polar surface area (TPSA) is 121 Å². The lowest BCUT2D eigenvalue weighted by Crippen LogP contribution is -2.13. The fourth-order valence-corrected chi connectivity index (χ4v) is 2.81. The summed E-state index contributed by atoms with van der Waals surface area (Å²) >= 11 is 1.65. The highest BCUT2D eigenvalue weighted by molar-refractivity contribution is 8.00. The van der Waals surface area contributed by atoms with Crippen LogP contribution in [0.2, 0.25) is 0 Å². The Balaban J connectivity index is 2.91. The summed E-state index contributed by atoms with van der Waals surface area (Å²) in [5.41, 5.74) is 0. The van der Waals surface area contributed by atoms with E-state index in [1.165, 1.54) is 4.68 Å². The van der Waals surface area contributed by atoms with E-state index < -0.39 is 25.7 Å². The van der Waals surface area contributed by atoms with Gasteiger partial charge in [0.25, 0.3) is 0 Å². The maximum absolute atomic E-state index is 11.2. The molecule has 0 radical (unpaired) electrons. The number of hydrogen-bond donors (Lipinski definition) is 1. The van der Waals surface area contributed by atoms with E-state index in [1.54, 1.807) is 11.8 Å². The number of primary sulfonamides is 1. The van der Waals surface area contributed by atoms with Crippen molar-refractivity contribution in [1.82, 2.24) is 9.78 Å². The van der Waals surface area contributed by atoms with Crippen molar-refractivity contribution < 1.29 is 13.3 Å². The second-order valence-electron chi connectivity index (χ2n) is 4.84. The molecule has 108 valence electrons. The van der Waals surface area contributed by atoms with Crippen LogP contribution in [0.25, 0.3) is 0 Å². The number of sulfonamides is 1. The zero-order valence-electron chi connectivity index (χ0n) is 10.9. The lowest BCUT2D eigenvalue weighted by atomic mass is 10.3. The Morgan fingerprint density at radius 2 is 2.11 bits per heavy atom. The molecular formula is C9H16N4O4S2. The Labute approximate surface area is 115 Å². The van der Waals surface area contributed by atoms with E-state index in [9.17, 15) is 18.5 Å². The van der Waals surface area contributed by atoms with E-state index in [0.717, 1.165) is 6.20 Å². The van der Waals surface area contributed by atoms with Gasteiger partial charge in [-0.05, 0) is 4.92 Å². The minimum Gasteiger partial charge on any atom is -0.358 e. The number of thioether (sulfide) groups is 1. The van der Waals surface area contributed by atoms with Crippen LogP contribution in [-0.2, 0) is 16.6 Å². The number of nitrogens with two attached hydrogens (primary N) is 1. The Kier molecular flexibility index (Phi) is 4.59. The largest absolute Gasteiger partial charge is 0.410 e. The minimum atomic E-state index is -4.14. The standard InChI is InChI=1S/C9H16N4O4S2/c1-9(2,3)18-5-4-12-6-7(19(10,16)17)8(11-12)13(14)15/h6H,4-5H2,1-3H3,(H2,10,16,17). The molecule has 10 heteroatoms. The molecule has 0 aliphatic heterocycles. The van der Waals surface area contributed by atoms with E-state index >= 15 is 0 Å². The first kappa shape index (κ1) is 15.9. The molecule has 0 saturated carbocycles. The predicted octanol–water partition coefficient (Wildman–Crippen LogP) is 0.970. The van der Waals surface area contributed by atoms with Gasteiger partial charge in [-0.15, -0.1) is 0 Å². The van der Waals surface area contributed by atoms with Gasteiger partial charge in [0, 0.05) is 10.5 Å². The summed E-state index contributed by atoms with van der Waals surface area (Å²) in [7, 11) is -4.14. The van der Waals surface area contributed by atoms with Gasteiger partial charge >= 0.3 is 5.82 Å². The van der Waals surface area contributed by atoms with Gasteiger partial charge in [0.15, 0.2) is 0 Å². The second kappa shape index (κ2) is 5.47. The number of aryl methyl sites for hydroxylation is 1. The zero-order chi connectivity index (χ0) is 14.8. The van der Waals surface area contributed by atoms with Gasteiger partial charge in [0.2, 0.25) is 14.9 Å². The summed E-state index contributed by atoms with van der Waals surface area (Å²) in [5, 5.41) is 19.3. The smallest absolute Gasteiger partial charge is 0.358 e. The predicted molar refractivity (Wildman–Crippen MR) is 72.5 cm³/mol. The second-order valence-corrected chi connectivity index (χ2v) is 8.29. The third kappa shape index (κ3) is 4.80. The summed E-state index contributed by atoms with van der Waals surface area (Å²) in [4.78, 5) is 9.31. The quantitative estimate of drug-likeness (QED) is 0.639. The third-order valence-electron chi connectivity index (χ3n) is 2.04. The van der Waals surface area contributed by atoms with Crippen molar-refractivity contribution in [2.45, 2.75) is 37.0 Å². The van der Waals surface area contributed by atoms with Crippen molar-refractivity contribution in [1.29, 1.82) is 0 Å². The van der Waals surface area contributed by atoms with Gasteiger partial charge in [-0.1, -0.05) is 20.8 Å². The molecule has 0 aromatic carbocycles. The monoisotopic (exact) mass is 308 g/mol. The summed E-state index contributed by atoms with van der Waals surface area (Å²) in [6.07, 6.45) is 1.09. The molecule has 0 amide bonds. The van der Waals surface area contributed by atoms with Crippen LogP contribution in [0.15, 0.2) is 11.1 Å². The van der Waals surface area contributed by atoms with Crippen LogP contribution in [0.3, 0.4) is 0 Å². The fraction of sp³-hybridized carbons (Fsp3) is 0.667. The molecule has 0 spiro atoms. The number of aromatic nitrogens is 2. The molecule has 0 bridgehead atoms. The highest BCUT2D eigenvalue weighted by Crippen LogP contribution is 2.24. The molecule has 0 saturated heterocycles. The average Bonchev–Trinajstić information content (AvgIpc) is 2.59. The van der Waals surface area contributed by atoms with Crippen LogP contribution >= 0.6 is 11.8 Å². The maximum Gasteiger partial charge on any atom is 0.410 e. The summed E-state index contributed by atoms with van der Waals surface area (Å²) in [6.45, 7) is 6.50. The third-order valence-corrected chi connectivity index (χ3v) is 4.20. The molecule has 1 heterocycles.